The lowest BCUT2D eigenvalue weighted by Crippen LogP contribution is -2.41. The van der Waals surface area contributed by atoms with E-state index >= 15 is 0 Å². The Labute approximate surface area is 139 Å². The van der Waals surface area contributed by atoms with Gasteiger partial charge in [-0.3, -0.25) is 4.79 Å². The minimum Gasteiger partial charge on any atom is -0.481 e. The summed E-state index contributed by atoms with van der Waals surface area (Å²) in [6.45, 7) is 5.47. The summed E-state index contributed by atoms with van der Waals surface area (Å²) in [4.78, 5) is 26.6. The fourth-order valence-electron chi connectivity index (χ4n) is 1.41. The molecule has 0 rings (SSSR count). The van der Waals surface area contributed by atoms with Crippen LogP contribution in [0.15, 0.2) is 10.2 Å². The summed E-state index contributed by atoms with van der Waals surface area (Å²) >= 11 is 0. The molecule has 24 heavy (non-hydrogen) atoms. The van der Waals surface area contributed by atoms with E-state index in [-0.39, 0.29) is 38.3 Å². The van der Waals surface area contributed by atoms with Crippen LogP contribution in [0.1, 0.15) is 27.2 Å². The van der Waals surface area contributed by atoms with Gasteiger partial charge >= 0.3 is 12.1 Å². The van der Waals surface area contributed by atoms with Gasteiger partial charge in [-0.25, -0.2) is 4.79 Å². The number of hydrogen-bond donors (Lipinski definition) is 3. The number of nitrogens with zero attached hydrogens (tertiary/aromatic N) is 5. The number of carbonyl (C=O) groups excluding carboxylic acids is 1. The topological polar surface area (TPSA) is 164 Å². The first kappa shape index (κ1) is 21.2. The maximum Gasteiger partial charge on any atom is 0.410 e. The van der Waals surface area contributed by atoms with Crippen LogP contribution in [0.3, 0.4) is 0 Å². The van der Waals surface area contributed by atoms with Gasteiger partial charge in [-0.1, -0.05) is 5.11 Å². The molecule has 0 aliphatic heterocycles. The highest BCUT2D eigenvalue weighted by Gasteiger charge is 2.22. The van der Waals surface area contributed by atoms with Gasteiger partial charge in [0.2, 0.25) is 0 Å². The molecule has 11 heteroatoms. The van der Waals surface area contributed by atoms with Gasteiger partial charge in [0.05, 0.1) is 25.2 Å². The number of carboxylic acids is 1. The van der Waals surface area contributed by atoms with Crippen LogP contribution in [-0.4, -0.2) is 65.8 Å². The lowest BCUT2D eigenvalue weighted by Gasteiger charge is -2.27. The van der Waals surface area contributed by atoms with Crippen molar-refractivity contribution >= 4 is 24.0 Å². The summed E-state index contributed by atoms with van der Waals surface area (Å²) in [5.74, 6) is -1.02. The monoisotopic (exact) mass is 341 g/mol. The third-order valence-corrected chi connectivity index (χ3v) is 2.43. The average Bonchev–Trinajstić information content (AvgIpc) is 2.47. The van der Waals surface area contributed by atoms with E-state index in [0.717, 1.165) is 6.21 Å². The lowest BCUT2D eigenvalue weighted by molar-refractivity contribution is -0.137. The minimum absolute atomic E-state index is 0.00575. The average molecular weight is 341 g/mol. The Morgan fingerprint density at radius 2 is 2.08 bits per heavy atom. The molecule has 0 unspecified atom stereocenters. The number of carboxylic acid groups (broad SMARTS) is 1. The molecule has 0 saturated carbocycles. The van der Waals surface area contributed by atoms with Crippen molar-refractivity contribution < 1.29 is 19.4 Å². The summed E-state index contributed by atoms with van der Waals surface area (Å²) in [6.07, 6.45) is 0.124. The van der Waals surface area contributed by atoms with Crippen LogP contribution in [-0.2, 0) is 9.53 Å². The second-order valence-electron chi connectivity index (χ2n) is 5.66. The van der Waals surface area contributed by atoms with Crippen LogP contribution < -0.4 is 5.43 Å². The normalized spacial score (nSPS) is 11.2. The van der Waals surface area contributed by atoms with Crippen molar-refractivity contribution in [3.05, 3.63) is 10.4 Å². The van der Waals surface area contributed by atoms with Crippen molar-refractivity contribution in [1.82, 2.24) is 10.3 Å². The van der Waals surface area contributed by atoms with E-state index in [2.05, 4.69) is 20.6 Å². The zero-order chi connectivity index (χ0) is 18.6. The standard InChI is InChI=1S/C13H23N7O4/c1-13(2,3)24-12(23)20(6-4-11(21)22)7-5-16-18-10(8-14)9-17-19-15/h8,14,16H,4-7,9H2,1-3H3,(H,21,22)/b14-8?,18-10+. The molecule has 0 aromatic rings. The van der Waals surface area contributed by atoms with Gasteiger partial charge < -0.3 is 25.6 Å². The second kappa shape index (κ2) is 10.8. The van der Waals surface area contributed by atoms with E-state index in [0.29, 0.717) is 0 Å². The molecular weight excluding hydrogens is 318 g/mol. The minimum atomic E-state index is -1.02. The molecule has 0 aromatic carbocycles. The first-order chi connectivity index (χ1) is 11.2. The highest BCUT2D eigenvalue weighted by Crippen LogP contribution is 2.10. The molecule has 0 aliphatic carbocycles. The number of ether oxygens (including phenoxy) is 1. The number of aliphatic carboxylic acids is 1. The van der Waals surface area contributed by atoms with E-state index < -0.39 is 17.7 Å². The van der Waals surface area contributed by atoms with Gasteiger partial charge in [-0.2, -0.15) is 5.10 Å². The molecule has 3 N–H and O–H groups in total. The van der Waals surface area contributed by atoms with Crippen molar-refractivity contribution in [2.45, 2.75) is 32.8 Å². The zero-order valence-corrected chi connectivity index (χ0v) is 14.0. The lowest BCUT2D eigenvalue weighted by atomic mass is 10.2. The van der Waals surface area contributed by atoms with Crippen LogP contribution in [0.25, 0.3) is 10.4 Å². The molecule has 0 spiro atoms. The van der Waals surface area contributed by atoms with E-state index in [9.17, 15) is 9.59 Å². The Balaban J connectivity index is 4.61. The number of nitrogens with one attached hydrogen (secondary N) is 2. The van der Waals surface area contributed by atoms with Gasteiger partial charge in [0, 0.05) is 24.2 Å². The molecule has 0 heterocycles. The molecule has 11 nitrogen and oxygen atoms in total. The van der Waals surface area contributed by atoms with Crippen molar-refractivity contribution in [1.29, 1.82) is 5.41 Å². The molecule has 0 atom stereocenters. The Bertz CT molecular complexity index is 521. The van der Waals surface area contributed by atoms with Crippen LogP contribution in [0.2, 0.25) is 0 Å². The van der Waals surface area contributed by atoms with E-state index in [1.807, 2.05) is 0 Å². The Morgan fingerprint density at radius 3 is 2.58 bits per heavy atom. The maximum atomic E-state index is 12.1. The number of azide groups is 1. The summed E-state index contributed by atoms with van der Waals surface area (Å²) < 4.78 is 5.22. The molecule has 134 valence electrons. The summed E-state index contributed by atoms with van der Waals surface area (Å²) in [5, 5.41) is 23.0. The van der Waals surface area contributed by atoms with Crippen molar-refractivity contribution in [3.8, 4) is 0 Å². The van der Waals surface area contributed by atoms with E-state index in [4.69, 9.17) is 20.8 Å². The molecular formula is C13H23N7O4. The fraction of sp³-hybridized carbons (Fsp3) is 0.692. The molecule has 0 bridgehead atoms. The maximum absolute atomic E-state index is 12.1. The summed E-state index contributed by atoms with van der Waals surface area (Å²) in [6, 6.07) is 0. The van der Waals surface area contributed by atoms with Gasteiger partial charge in [0.25, 0.3) is 0 Å². The van der Waals surface area contributed by atoms with Crippen LogP contribution in [0.5, 0.6) is 0 Å². The molecule has 0 radical (unpaired) electrons. The highest BCUT2D eigenvalue weighted by atomic mass is 16.6. The van der Waals surface area contributed by atoms with Gasteiger partial charge in [-0.05, 0) is 26.3 Å². The Morgan fingerprint density at radius 1 is 1.42 bits per heavy atom. The highest BCUT2D eigenvalue weighted by molar-refractivity contribution is 6.30. The molecule has 0 aromatic heterocycles. The molecule has 0 fully saturated rings. The third-order valence-electron chi connectivity index (χ3n) is 2.43. The van der Waals surface area contributed by atoms with E-state index in [1.165, 1.54) is 4.90 Å². The predicted molar refractivity (Wildman–Crippen MR) is 88.3 cm³/mol. The third kappa shape index (κ3) is 10.9. The van der Waals surface area contributed by atoms with Crippen LogP contribution in [0, 0.1) is 5.41 Å². The molecule has 1 amide bonds. The number of amides is 1. The Kier molecular flexibility index (Phi) is 9.57. The number of carbonyl (C=O) groups is 2. The SMILES string of the molecule is CC(C)(C)OC(=O)N(CCN/N=C(\C=N)CN=[N+]=[N-])CCC(=O)O. The smallest absolute Gasteiger partial charge is 0.410 e. The summed E-state index contributed by atoms with van der Waals surface area (Å²) in [7, 11) is 0. The predicted octanol–water partition coefficient (Wildman–Crippen LogP) is 1.60. The quantitative estimate of drug-likeness (QED) is 0.137. The molecule has 0 saturated heterocycles. The number of hydrogen-bond acceptors (Lipinski definition) is 7. The van der Waals surface area contributed by atoms with Crippen molar-refractivity contribution in [2.75, 3.05) is 26.2 Å². The van der Waals surface area contributed by atoms with Gasteiger partial charge in [0.1, 0.15) is 5.60 Å². The van der Waals surface area contributed by atoms with E-state index in [1.54, 1.807) is 20.8 Å². The van der Waals surface area contributed by atoms with Gasteiger partial charge in [-0.15, -0.1) is 0 Å². The number of rotatable bonds is 10. The first-order valence-electron chi connectivity index (χ1n) is 7.20. The number of hydrazone groups is 1. The zero-order valence-electron chi connectivity index (χ0n) is 14.0. The van der Waals surface area contributed by atoms with Crippen molar-refractivity contribution in [3.63, 3.8) is 0 Å². The van der Waals surface area contributed by atoms with Crippen LogP contribution in [0.4, 0.5) is 4.79 Å². The molecule has 0 aliphatic rings. The summed E-state index contributed by atoms with van der Waals surface area (Å²) in [5.41, 5.74) is 10.4. The first-order valence-corrected chi connectivity index (χ1v) is 7.20. The largest absolute Gasteiger partial charge is 0.481 e. The fourth-order valence-corrected chi connectivity index (χ4v) is 1.41. The Hall–Kier alpha value is -2.81. The van der Waals surface area contributed by atoms with Gasteiger partial charge in [0.15, 0.2) is 0 Å². The van der Waals surface area contributed by atoms with Crippen molar-refractivity contribution in [2.24, 2.45) is 10.2 Å². The second-order valence-corrected chi connectivity index (χ2v) is 5.66. The van der Waals surface area contributed by atoms with Crippen LogP contribution >= 0.6 is 0 Å².